The van der Waals surface area contributed by atoms with E-state index >= 15 is 0 Å². The molecule has 0 atom stereocenters. The Morgan fingerprint density at radius 3 is 2.67 bits per heavy atom. The monoisotopic (exact) mass is 301 g/mol. The number of aromatic nitrogens is 2. The summed E-state index contributed by atoms with van der Waals surface area (Å²) in [5.74, 6) is 1.07. The second-order valence-corrected chi connectivity index (χ2v) is 5.42. The summed E-state index contributed by atoms with van der Waals surface area (Å²) in [6, 6.07) is 14.0. The molecule has 6 heteroatoms. The maximum absolute atomic E-state index is 13.2. The van der Waals surface area contributed by atoms with Crippen LogP contribution in [-0.2, 0) is 5.75 Å². The zero-order valence-corrected chi connectivity index (χ0v) is 11.8. The van der Waals surface area contributed by atoms with Crippen LogP contribution in [-0.4, -0.2) is 10.2 Å². The average Bonchev–Trinajstić information content (AvgIpc) is 2.94. The van der Waals surface area contributed by atoms with Gasteiger partial charge in [-0.2, -0.15) is 0 Å². The van der Waals surface area contributed by atoms with Gasteiger partial charge in [0.1, 0.15) is 5.82 Å². The third kappa shape index (κ3) is 3.41. The van der Waals surface area contributed by atoms with Crippen LogP contribution in [0.2, 0.25) is 0 Å². The van der Waals surface area contributed by atoms with Crippen LogP contribution in [0, 0.1) is 5.82 Å². The number of nitrogen functional groups attached to an aromatic ring is 1. The van der Waals surface area contributed by atoms with E-state index in [-0.39, 0.29) is 5.82 Å². The smallest absolute Gasteiger partial charge is 0.247 e. The molecule has 0 aliphatic rings. The molecule has 1 heterocycles. The lowest BCUT2D eigenvalue weighted by Crippen LogP contribution is -1.88. The molecular formula is C15H12FN3OS. The van der Waals surface area contributed by atoms with Crippen molar-refractivity contribution in [1.82, 2.24) is 10.2 Å². The summed E-state index contributed by atoms with van der Waals surface area (Å²) >= 11 is 1.39. The van der Waals surface area contributed by atoms with E-state index in [2.05, 4.69) is 10.2 Å². The van der Waals surface area contributed by atoms with Gasteiger partial charge in [-0.25, -0.2) is 4.39 Å². The van der Waals surface area contributed by atoms with Gasteiger partial charge in [-0.1, -0.05) is 18.2 Å². The quantitative estimate of drug-likeness (QED) is 0.587. The molecule has 0 amide bonds. The zero-order chi connectivity index (χ0) is 14.7. The lowest BCUT2D eigenvalue weighted by Gasteiger charge is -2.01. The van der Waals surface area contributed by atoms with Gasteiger partial charge >= 0.3 is 0 Å². The first-order valence-electron chi connectivity index (χ1n) is 6.27. The fourth-order valence-electron chi connectivity index (χ4n) is 1.82. The molecule has 4 nitrogen and oxygen atoms in total. The summed E-state index contributed by atoms with van der Waals surface area (Å²) in [6.45, 7) is 0. The summed E-state index contributed by atoms with van der Waals surface area (Å²) < 4.78 is 18.8. The highest BCUT2D eigenvalue weighted by molar-refractivity contribution is 7.98. The summed E-state index contributed by atoms with van der Waals surface area (Å²) in [6.07, 6.45) is 0. The minimum Gasteiger partial charge on any atom is -0.420 e. The van der Waals surface area contributed by atoms with Crippen LogP contribution in [0.3, 0.4) is 0 Å². The van der Waals surface area contributed by atoms with Gasteiger partial charge in [-0.3, -0.25) is 0 Å². The largest absolute Gasteiger partial charge is 0.420 e. The molecule has 106 valence electrons. The van der Waals surface area contributed by atoms with Gasteiger partial charge in [-0.15, -0.1) is 22.0 Å². The van der Waals surface area contributed by atoms with E-state index in [1.54, 1.807) is 6.07 Å². The highest BCUT2D eigenvalue weighted by atomic mass is 32.2. The van der Waals surface area contributed by atoms with E-state index in [4.69, 9.17) is 10.2 Å². The number of halogens is 1. The SMILES string of the molecule is Nc1cc(F)cc(SCc2nnc(-c3ccccc3)o2)c1. The van der Waals surface area contributed by atoms with Crippen molar-refractivity contribution < 1.29 is 8.81 Å². The van der Waals surface area contributed by atoms with Crippen LogP contribution in [0.1, 0.15) is 5.89 Å². The van der Waals surface area contributed by atoms with E-state index in [9.17, 15) is 4.39 Å². The van der Waals surface area contributed by atoms with Crippen molar-refractivity contribution in [1.29, 1.82) is 0 Å². The molecule has 0 spiro atoms. The molecule has 0 bridgehead atoms. The number of rotatable bonds is 4. The van der Waals surface area contributed by atoms with Crippen LogP contribution in [0.4, 0.5) is 10.1 Å². The fraction of sp³-hybridized carbons (Fsp3) is 0.0667. The van der Waals surface area contributed by atoms with Crippen molar-refractivity contribution in [2.75, 3.05) is 5.73 Å². The second kappa shape index (κ2) is 5.97. The van der Waals surface area contributed by atoms with Gasteiger partial charge in [0.25, 0.3) is 0 Å². The van der Waals surface area contributed by atoms with Crippen LogP contribution in [0.15, 0.2) is 57.8 Å². The number of hydrogen-bond acceptors (Lipinski definition) is 5. The molecule has 0 fully saturated rings. The number of benzene rings is 2. The van der Waals surface area contributed by atoms with Crippen molar-refractivity contribution in [2.24, 2.45) is 0 Å². The maximum Gasteiger partial charge on any atom is 0.247 e. The number of hydrogen-bond donors (Lipinski definition) is 1. The first-order valence-corrected chi connectivity index (χ1v) is 7.26. The molecule has 0 saturated carbocycles. The molecule has 0 aliphatic carbocycles. The summed E-state index contributed by atoms with van der Waals surface area (Å²) in [4.78, 5) is 0.729. The Labute approximate surface area is 125 Å². The van der Waals surface area contributed by atoms with Crippen LogP contribution in [0.5, 0.6) is 0 Å². The van der Waals surface area contributed by atoms with Crippen LogP contribution >= 0.6 is 11.8 Å². The van der Waals surface area contributed by atoms with Gasteiger partial charge in [-0.05, 0) is 30.3 Å². The van der Waals surface area contributed by atoms with Crippen molar-refractivity contribution >= 4 is 17.4 Å². The molecule has 0 unspecified atom stereocenters. The molecule has 0 radical (unpaired) electrons. The molecule has 1 aromatic heterocycles. The van der Waals surface area contributed by atoms with Gasteiger partial charge < -0.3 is 10.2 Å². The Morgan fingerprint density at radius 2 is 1.90 bits per heavy atom. The van der Waals surface area contributed by atoms with Crippen molar-refractivity contribution in [3.63, 3.8) is 0 Å². The predicted octanol–water partition coefficient (Wildman–Crippen LogP) is 3.75. The maximum atomic E-state index is 13.2. The Kier molecular flexibility index (Phi) is 3.87. The summed E-state index contributed by atoms with van der Waals surface area (Å²) in [5.41, 5.74) is 6.87. The fourth-order valence-corrected chi connectivity index (χ4v) is 2.64. The van der Waals surface area contributed by atoms with E-state index in [1.807, 2.05) is 30.3 Å². The molecule has 3 rings (SSSR count). The average molecular weight is 301 g/mol. The van der Waals surface area contributed by atoms with E-state index in [1.165, 1.54) is 23.9 Å². The lowest BCUT2D eigenvalue weighted by molar-refractivity contribution is 0.528. The third-order valence-corrected chi connectivity index (χ3v) is 3.70. The van der Waals surface area contributed by atoms with E-state index in [0.29, 0.717) is 23.2 Å². The van der Waals surface area contributed by atoms with E-state index in [0.717, 1.165) is 10.5 Å². The van der Waals surface area contributed by atoms with Crippen molar-refractivity contribution in [3.05, 3.63) is 60.2 Å². The number of nitrogens with two attached hydrogens (primary N) is 1. The Hall–Kier alpha value is -2.34. The standard InChI is InChI=1S/C15H12FN3OS/c16-11-6-12(17)8-13(7-11)21-9-14-18-19-15(20-14)10-4-2-1-3-5-10/h1-8H,9,17H2. The molecule has 0 aliphatic heterocycles. The van der Waals surface area contributed by atoms with Gasteiger partial charge in [0.05, 0.1) is 5.75 Å². The molecule has 3 aromatic rings. The number of nitrogens with zero attached hydrogens (tertiary/aromatic N) is 2. The molecular weight excluding hydrogens is 289 g/mol. The lowest BCUT2D eigenvalue weighted by atomic mass is 10.2. The predicted molar refractivity (Wildman–Crippen MR) is 80.1 cm³/mol. The van der Waals surface area contributed by atoms with Crippen LogP contribution < -0.4 is 5.73 Å². The highest BCUT2D eigenvalue weighted by Gasteiger charge is 2.09. The number of anilines is 1. The first-order chi connectivity index (χ1) is 10.2. The Morgan fingerprint density at radius 1 is 1.10 bits per heavy atom. The zero-order valence-electron chi connectivity index (χ0n) is 11.0. The normalized spacial score (nSPS) is 10.7. The summed E-state index contributed by atoms with van der Waals surface area (Å²) in [5, 5.41) is 8.00. The molecule has 0 saturated heterocycles. The topological polar surface area (TPSA) is 64.9 Å². The third-order valence-electron chi connectivity index (χ3n) is 2.74. The molecule has 21 heavy (non-hydrogen) atoms. The second-order valence-electron chi connectivity index (χ2n) is 4.38. The van der Waals surface area contributed by atoms with E-state index < -0.39 is 0 Å². The summed E-state index contributed by atoms with van der Waals surface area (Å²) in [7, 11) is 0. The van der Waals surface area contributed by atoms with Gasteiger partial charge in [0, 0.05) is 16.1 Å². The Bertz CT molecular complexity index is 725. The van der Waals surface area contributed by atoms with Crippen molar-refractivity contribution in [2.45, 2.75) is 10.6 Å². The Balaban J connectivity index is 1.70. The van der Waals surface area contributed by atoms with Gasteiger partial charge in [0.15, 0.2) is 0 Å². The highest BCUT2D eigenvalue weighted by Crippen LogP contribution is 2.26. The van der Waals surface area contributed by atoms with Crippen molar-refractivity contribution in [3.8, 4) is 11.5 Å². The van der Waals surface area contributed by atoms with Crippen LogP contribution in [0.25, 0.3) is 11.5 Å². The minimum atomic E-state index is -0.354. The molecule has 2 aromatic carbocycles. The van der Waals surface area contributed by atoms with Gasteiger partial charge in [0.2, 0.25) is 11.8 Å². The first kappa shape index (κ1) is 13.6. The minimum absolute atomic E-state index is 0.354. The number of thioether (sulfide) groups is 1. The molecule has 2 N–H and O–H groups in total.